The number of esters is 3. The minimum absolute atomic E-state index is 0. The molecule has 5 N–H and O–H groups in total. The molecule has 7 aromatic rings. The van der Waals surface area contributed by atoms with Gasteiger partial charge < -0.3 is 30.2 Å². The minimum Gasteiger partial charge on any atom is -0.468 e. The normalized spacial score (nSPS) is 10.8. The average molecular weight is 1590 g/mol. The number of rotatable bonds is 19. The molecule has 7 rings (SSSR count). The first kappa shape index (κ1) is 79.2. The Morgan fingerprint density at radius 1 is 0.541 bits per heavy atom. The number of halogens is 5. The summed E-state index contributed by atoms with van der Waals surface area (Å²) < 4.78 is 79.8. The van der Waals surface area contributed by atoms with E-state index in [1.807, 2.05) is 24.3 Å². The topological polar surface area (TPSA) is 220 Å². The van der Waals surface area contributed by atoms with Gasteiger partial charge in [-0.2, -0.15) is 8.78 Å². The van der Waals surface area contributed by atoms with Gasteiger partial charge in [0.15, 0.2) is 6.04 Å². The van der Waals surface area contributed by atoms with Crippen LogP contribution in [0, 0.1) is 41.5 Å². The summed E-state index contributed by atoms with van der Waals surface area (Å²) in [5.41, 5.74) is 9.61. The quantitative estimate of drug-likeness (QED) is 0.00866. The molecule has 5 aromatic carbocycles. The molecule has 0 fully saturated rings. The van der Waals surface area contributed by atoms with Crippen LogP contribution in [0.3, 0.4) is 0 Å². The number of ether oxygens (including phenoxy) is 3. The molecule has 2 atom stereocenters. The molecule has 0 aliphatic heterocycles. The predicted molar refractivity (Wildman–Crippen MR) is 317 cm³/mol. The van der Waals surface area contributed by atoms with Gasteiger partial charge in [0.25, 0.3) is 5.91 Å². The largest absolute Gasteiger partial charge is 1.00 e. The van der Waals surface area contributed by atoms with E-state index in [-0.39, 0.29) is 56.2 Å². The third kappa shape index (κ3) is 26.8. The molecule has 0 radical (unpaired) electrons. The zero-order valence-corrected chi connectivity index (χ0v) is 55.6. The van der Waals surface area contributed by atoms with Crippen LogP contribution in [0.2, 0.25) is 0 Å². The van der Waals surface area contributed by atoms with Gasteiger partial charge >= 0.3 is 62.7 Å². The molecule has 2 aromatic heterocycles. The number of carbonyl (C=O) groups is 4. The number of hydrogen-bond donors (Lipinski definition) is 4. The fourth-order valence-electron chi connectivity index (χ4n) is 7.19. The van der Waals surface area contributed by atoms with Crippen molar-refractivity contribution in [2.24, 2.45) is 5.73 Å². The molecular formula is C60H76Au2F5N9O7P2. The Bertz CT molecular complexity index is 2870. The fourth-order valence-corrected chi connectivity index (χ4v) is 9.87. The van der Waals surface area contributed by atoms with Crippen molar-refractivity contribution in [3.05, 3.63) is 173 Å². The second-order valence-corrected chi connectivity index (χ2v) is 23.6. The molecule has 25 heteroatoms. The summed E-state index contributed by atoms with van der Waals surface area (Å²) in [6.07, 6.45) is 13.7. The molecule has 0 unspecified atom stereocenters. The second kappa shape index (κ2) is 44.6. The number of amides is 1. The molecule has 1 amide bonds. The van der Waals surface area contributed by atoms with E-state index in [1.165, 1.54) is 95.1 Å². The zero-order chi connectivity index (χ0) is 61.9. The number of H-pyrrole nitrogens is 2. The first-order valence-electron chi connectivity index (χ1n) is 26.9. The van der Waals surface area contributed by atoms with Crippen molar-refractivity contribution in [3.8, 4) is 28.3 Å². The number of benzene rings is 5. The Labute approximate surface area is 529 Å². The van der Waals surface area contributed by atoms with Crippen LogP contribution >= 0.6 is 15.8 Å². The molecule has 16 nitrogen and oxygen atoms in total. The first-order valence-corrected chi connectivity index (χ1v) is 30.7. The van der Waals surface area contributed by atoms with Gasteiger partial charge in [-0.15, -0.1) is 51.2 Å². The van der Waals surface area contributed by atoms with Crippen molar-refractivity contribution in [1.82, 2.24) is 41.0 Å². The SMILES string of the molecule is CCN(CC)CC.CCP(CC)CC.CCP(CC)CC.COC(=O)[C@H](N)c1ccccc1.COC(=O)[C@H](NC(=O)c1ccc(-c2[c-]nn[nH]2)cc1)c1ccccc1.O=C(Oc1c(F)c(F)c(F)c(F)c1F)c1ccc(-c2[c-]nn[nH]2)cc1.[Au+].[Au+]. The smallest absolute Gasteiger partial charge is 0.468 e. The van der Waals surface area contributed by atoms with Crippen LogP contribution in [-0.2, 0) is 63.8 Å². The van der Waals surface area contributed by atoms with Crippen LogP contribution in [0.1, 0.15) is 106 Å². The number of hydrogen-bond acceptors (Lipinski definition) is 13. The van der Waals surface area contributed by atoms with E-state index in [9.17, 15) is 41.1 Å². The monoisotopic (exact) mass is 1590 g/mol. The number of carbonyl (C=O) groups excluding carboxylic acids is 4. The summed E-state index contributed by atoms with van der Waals surface area (Å²) >= 11 is 0. The van der Waals surface area contributed by atoms with Crippen molar-refractivity contribution in [2.45, 2.75) is 74.4 Å². The summed E-state index contributed by atoms with van der Waals surface area (Å²) in [4.78, 5) is 49.7. The van der Waals surface area contributed by atoms with Crippen LogP contribution < -0.4 is 15.8 Å². The van der Waals surface area contributed by atoms with Crippen LogP contribution in [0.15, 0.2) is 109 Å². The minimum atomic E-state index is -2.34. The molecule has 85 heavy (non-hydrogen) atoms. The van der Waals surface area contributed by atoms with E-state index in [4.69, 9.17) is 10.5 Å². The summed E-state index contributed by atoms with van der Waals surface area (Å²) in [5, 5.41) is 22.0. The predicted octanol–water partition coefficient (Wildman–Crippen LogP) is 12.4. The molecule has 0 aliphatic rings. The summed E-state index contributed by atoms with van der Waals surface area (Å²) in [6.45, 7) is 23.9. The summed E-state index contributed by atoms with van der Waals surface area (Å²) in [7, 11) is 3.50. The Kier molecular flexibility index (Phi) is 41.5. The Hall–Kier alpha value is -5.83. The van der Waals surface area contributed by atoms with Gasteiger partial charge in [-0.3, -0.25) is 19.8 Å². The number of nitrogens with two attached hydrogens (primary N) is 1. The molecule has 2 heterocycles. The number of nitrogens with one attached hydrogen (secondary N) is 3. The molecular weight excluding hydrogens is 1510 g/mol. The van der Waals surface area contributed by atoms with E-state index < -0.39 is 64.8 Å². The zero-order valence-electron chi connectivity index (χ0n) is 49.5. The maximum atomic E-state index is 13.5. The van der Waals surface area contributed by atoms with E-state index in [0.717, 1.165) is 11.1 Å². The molecule has 0 bridgehead atoms. The Morgan fingerprint density at radius 2 is 0.906 bits per heavy atom. The van der Waals surface area contributed by atoms with Gasteiger partial charge in [-0.05, 0) is 67.7 Å². The van der Waals surface area contributed by atoms with E-state index >= 15 is 0 Å². The van der Waals surface area contributed by atoms with Crippen molar-refractivity contribution >= 4 is 39.7 Å². The third-order valence-corrected chi connectivity index (χ3v) is 17.8. The maximum Gasteiger partial charge on any atom is 1.00 e. The second-order valence-electron chi connectivity index (χ2n) is 17.2. The molecule has 0 aliphatic carbocycles. The molecule has 470 valence electrons. The standard InChI is InChI=1S/C18H15N4O3.C15H5F5N3O2.C9H11NO2.C6H15N.2C6H15P.2Au/c1-25-18(24)16(13-5-3-2-4-6-13)20-17(23)14-9-7-12(8-10-14)15-11-19-22-21-15;16-9-10(17)12(19)14(13(20)11(9)18)25-15(24)7-3-1-6(2-4-7)8-5-21-23-22-8;1-12-9(11)8(10)7-5-3-2-4-6-7;3*1-4-7(5-2)6-3;;/h2-10,16H,1H3,(H,20,23)(H,19,21,22);1-4H,(H,21,22,23);2-6,8H,10H2,1H3;3*4-6H2,1-3H3;;/q2*-1;;;;;2*+1/t16-;;8-;;;;;/m1.1...../s1. The number of aromatic nitrogens is 6. The maximum absolute atomic E-state index is 13.5. The first-order chi connectivity index (χ1) is 39.9. The number of aromatic amines is 2. The number of nitrogens with zero attached hydrogens (tertiary/aromatic N) is 5. The van der Waals surface area contributed by atoms with Gasteiger partial charge in [-0.25, -0.2) is 33.0 Å². The van der Waals surface area contributed by atoms with E-state index in [2.05, 4.69) is 125 Å². The molecule has 0 saturated carbocycles. The third-order valence-electron chi connectivity index (χ3n) is 12.4. The van der Waals surface area contributed by atoms with Gasteiger partial charge in [0.2, 0.25) is 34.8 Å². The van der Waals surface area contributed by atoms with Gasteiger partial charge in [0.1, 0.15) is 6.04 Å². The van der Waals surface area contributed by atoms with Crippen LogP contribution in [-0.4, -0.2) is 130 Å². The van der Waals surface area contributed by atoms with Gasteiger partial charge in [-0.1, -0.05) is 181 Å². The number of methoxy groups -OCH3 is 2. The van der Waals surface area contributed by atoms with Crippen molar-refractivity contribution < 1.29 is 100 Å². The van der Waals surface area contributed by atoms with Crippen LogP contribution in [0.5, 0.6) is 5.75 Å². The van der Waals surface area contributed by atoms with Gasteiger partial charge in [0.05, 0.1) is 19.8 Å². The van der Waals surface area contributed by atoms with Crippen molar-refractivity contribution in [1.29, 1.82) is 0 Å². The summed E-state index contributed by atoms with van der Waals surface area (Å²) in [6, 6.07) is 28.6. The Morgan fingerprint density at radius 3 is 1.22 bits per heavy atom. The fraction of sp³-hybridized carbons (Fsp3) is 0.367. The van der Waals surface area contributed by atoms with Crippen molar-refractivity contribution in [2.75, 3.05) is 70.8 Å². The van der Waals surface area contributed by atoms with E-state index in [0.29, 0.717) is 43.9 Å². The average Bonchev–Trinajstić information content (AvgIpc) is 4.44. The van der Waals surface area contributed by atoms with Crippen LogP contribution in [0.25, 0.3) is 22.5 Å². The van der Waals surface area contributed by atoms with Crippen LogP contribution in [0.4, 0.5) is 22.0 Å². The van der Waals surface area contributed by atoms with Crippen molar-refractivity contribution in [3.63, 3.8) is 0 Å². The van der Waals surface area contributed by atoms with E-state index in [1.54, 1.807) is 60.7 Å². The van der Waals surface area contributed by atoms with Gasteiger partial charge in [0, 0.05) is 5.56 Å². The Balaban J connectivity index is 0.00000109. The molecule has 0 spiro atoms. The summed E-state index contributed by atoms with van der Waals surface area (Å²) in [5.74, 6) is -15.5. The molecule has 0 saturated heterocycles.